The van der Waals surface area contributed by atoms with Gasteiger partial charge < -0.3 is 10.5 Å². The van der Waals surface area contributed by atoms with Gasteiger partial charge in [0, 0.05) is 0 Å². The normalized spacial score (nSPS) is 11.4. The molecular weight excluding hydrogens is 116 g/mol. The maximum atomic E-state index is 8.06. The van der Waals surface area contributed by atoms with Gasteiger partial charge in [-0.25, -0.2) is 0 Å². The summed E-state index contributed by atoms with van der Waals surface area (Å²) in [5.74, 6) is 0. The Morgan fingerprint density at radius 3 is 2.11 bits per heavy atom. The standard InChI is InChI=1S/C5H12N2O.CH4/c1-5(2,6-3)4-7-8;/h4,6,8H,1-3H3;1H4/b7-4+;. The zero-order valence-electron chi connectivity index (χ0n) is 5.47. The Kier molecular flexibility index (Phi) is 5.41. The minimum absolute atomic E-state index is 0. The van der Waals surface area contributed by atoms with E-state index < -0.39 is 0 Å². The zero-order chi connectivity index (χ0) is 6.62. The van der Waals surface area contributed by atoms with Crippen LogP contribution in [0.25, 0.3) is 0 Å². The molecule has 0 aromatic heterocycles. The summed E-state index contributed by atoms with van der Waals surface area (Å²) in [4.78, 5) is 0. The van der Waals surface area contributed by atoms with E-state index in [1.807, 2.05) is 20.9 Å². The van der Waals surface area contributed by atoms with Gasteiger partial charge in [-0.1, -0.05) is 7.43 Å². The van der Waals surface area contributed by atoms with Crippen molar-refractivity contribution in [3.05, 3.63) is 0 Å². The number of hydrogen-bond acceptors (Lipinski definition) is 3. The fourth-order valence-electron chi connectivity index (χ4n) is 0.209. The van der Waals surface area contributed by atoms with Gasteiger partial charge in [0.15, 0.2) is 0 Å². The molecular formula is C6H16N2O. The summed E-state index contributed by atoms with van der Waals surface area (Å²) in [5.41, 5.74) is -0.200. The lowest BCUT2D eigenvalue weighted by atomic mass is 10.1. The summed E-state index contributed by atoms with van der Waals surface area (Å²) in [6.45, 7) is 3.82. The lowest BCUT2D eigenvalue weighted by Crippen LogP contribution is -2.37. The highest BCUT2D eigenvalue weighted by molar-refractivity contribution is 5.67. The van der Waals surface area contributed by atoms with E-state index in [0.29, 0.717) is 0 Å². The molecule has 0 saturated heterocycles. The highest BCUT2D eigenvalue weighted by atomic mass is 16.4. The monoisotopic (exact) mass is 132 g/mol. The summed E-state index contributed by atoms with van der Waals surface area (Å²) < 4.78 is 0. The molecule has 0 fully saturated rings. The smallest absolute Gasteiger partial charge is 0.0631 e. The van der Waals surface area contributed by atoms with Crippen LogP contribution in [0.4, 0.5) is 0 Å². The molecule has 2 N–H and O–H groups in total. The average Bonchev–Trinajstić information content (AvgIpc) is 1.67. The number of nitrogens with zero attached hydrogens (tertiary/aromatic N) is 1. The maximum absolute atomic E-state index is 8.06. The van der Waals surface area contributed by atoms with Crippen LogP contribution in [0.2, 0.25) is 0 Å². The molecule has 0 radical (unpaired) electrons. The van der Waals surface area contributed by atoms with E-state index in [4.69, 9.17) is 5.21 Å². The Labute approximate surface area is 56.8 Å². The van der Waals surface area contributed by atoms with Crippen molar-refractivity contribution >= 4 is 6.21 Å². The Bertz CT molecular complexity index is 89.1. The summed E-state index contributed by atoms with van der Waals surface area (Å²) in [6.07, 6.45) is 1.44. The molecule has 9 heavy (non-hydrogen) atoms. The Morgan fingerprint density at radius 2 is 2.00 bits per heavy atom. The number of oxime groups is 1. The predicted octanol–water partition coefficient (Wildman–Crippen LogP) is 1.08. The molecule has 0 aliphatic rings. The van der Waals surface area contributed by atoms with E-state index >= 15 is 0 Å². The van der Waals surface area contributed by atoms with Crippen molar-refractivity contribution < 1.29 is 5.21 Å². The molecule has 3 nitrogen and oxygen atoms in total. The molecule has 0 saturated carbocycles. The van der Waals surface area contributed by atoms with Gasteiger partial charge in [0.1, 0.15) is 0 Å². The second kappa shape index (κ2) is 4.32. The van der Waals surface area contributed by atoms with Crippen molar-refractivity contribution in [2.45, 2.75) is 26.8 Å². The largest absolute Gasteiger partial charge is 0.411 e. The SMILES string of the molecule is C.CNC(C)(C)/C=N/O. The third-order valence-electron chi connectivity index (χ3n) is 1.02. The van der Waals surface area contributed by atoms with E-state index in [1.54, 1.807) is 0 Å². The molecule has 56 valence electrons. The minimum Gasteiger partial charge on any atom is -0.411 e. The first-order chi connectivity index (χ1) is 3.62. The molecule has 0 unspecified atom stereocenters. The van der Waals surface area contributed by atoms with Gasteiger partial charge in [-0.3, -0.25) is 0 Å². The third-order valence-corrected chi connectivity index (χ3v) is 1.02. The van der Waals surface area contributed by atoms with Crippen LogP contribution >= 0.6 is 0 Å². The fraction of sp³-hybridized carbons (Fsp3) is 0.833. The highest BCUT2D eigenvalue weighted by Gasteiger charge is 2.09. The maximum Gasteiger partial charge on any atom is 0.0631 e. The molecule has 3 heteroatoms. The zero-order valence-corrected chi connectivity index (χ0v) is 5.47. The second-order valence-corrected chi connectivity index (χ2v) is 2.22. The van der Waals surface area contributed by atoms with E-state index in [2.05, 4.69) is 10.5 Å². The van der Waals surface area contributed by atoms with Gasteiger partial charge in [0.05, 0.1) is 11.8 Å². The van der Waals surface area contributed by atoms with Gasteiger partial charge in [0.25, 0.3) is 0 Å². The van der Waals surface area contributed by atoms with Gasteiger partial charge in [0.2, 0.25) is 0 Å². The van der Waals surface area contributed by atoms with E-state index in [-0.39, 0.29) is 13.0 Å². The first-order valence-corrected chi connectivity index (χ1v) is 2.50. The van der Waals surface area contributed by atoms with Crippen molar-refractivity contribution in [3.63, 3.8) is 0 Å². The third kappa shape index (κ3) is 5.30. The molecule has 0 aromatic rings. The van der Waals surface area contributed by atoms with Gasteiger partial charge in [-0.05, 0) is 20.9 Å². The first kappa shape index (κ1) is 11.3. The minimum atomic E-state index is -0.200. The van der Waals surface area contributed by atoms with Gasteiger partial charge in [-0.15, -0.1) is 5.16 Å². The molecule has 0 heterocycles. The topological polar surface area (TPSA) is 44.6 Å². The van der Waals surface area contributed by atoms with Crippen LogP contribution in [-0.4, -0.2) is 24.0 Å². The molecule has 0 rings (SSSR count). The average molecular weight is 132 g/mol. The fourth-order valence-corrected chi connectivity index (χ4v) is 0.209. The van der Waals surface area contributed by atoms with Crippen molar-refractivity contribution in [1.82, 2.24) is 5.32 Å². The second-order valence-electron chi connectivity index (χ2n) is 2.22. The molecule has 0 aliphatic carbocycles. The lowest BCUT2D eigenvalue weighted by molar-refractivity contribution is 0.316. The quantitative estimate of drug-likeness (QED) is 0.335. The summed E-state index contributed by atoms with van der Waals surface area (Å²) in [5, 5.41) is 13.9. The summed E-state index contributed by atoms with van der Waals surface area (Å²) >= 11 is 0. The van der Waals surface area contributed by atoms with Crippen LogP contribution in [0.3, 0.4) is 0 Å². The van der Waals surface area contributed by atoms with E-state index in [1.165, 1.54) is 6.21 Å². The highest BCUT2D eigenvalue weighted by Crippen LogP contribution is 1.93. The van der Waals surface area contributed by atoms with E-state index in [9.17, 15) is 0 Å². The van der Waals surface area contributed by atoms with Crippen molar-refractivity contribution in [1.29, 1.82) is 0 Å². The lowest BCUT2D eigenvalue weighted by Gasteiger charge is -2.15. The van der Waals surface area contributed by atoms with Crippen molar-refractivity contribution in [3.8, 4) is 0 Å². The van der Waals surface area contributed by atoms with Gasteiger partial charge >= 0.3 is 0 Å². The molecule has 0 bridgehead atoms. The summed E-state index contributed by atoms with van der Waals surface area (Å²) in [6, 6.07) is 0. The van der Waals surface area contributed by atoms with Crippen LogP contribution in [-0.2, 0) is 0 Å². The van der Waals surface area contributed by atoms with Crippen LogP contribution in [0.1, 0.15) is 21.3 Å². The number of rotatable bonds is 2. The van der Waals surface area contributed by atoms with Crippen molar-refractivity contribution in [2.24, 2.45) is 5.16 Å². The van der Waals surface area contributed by atoms with Crippen LogP contribution < -0.4 is 5.32 Å². The molecule has 0 aromatic carbocycles. The van der Waals surface area contributed by atoms with Gasteiger partial charge in [-0.2, -0.15) is 0 Å². The Balaban J connectivity index is 0. The first-order valence-electron chi connectivity index (χ1n) is 2.50. The summed E-state index contributed by atoms with van der Waals surface area (Å²) in [7, 11) is 1.81. The van der Waals surface area contributed by atoms with Crippen LogP contribution in [0.15, 0.2) is 5.16 Å². The number of hydrogen-bond donors (Lipinski definition) is 2. The molecule has 0 spiro atoms. The molecule has 0 amide bonds. The van der Waals surface area contributed by atoms with Crippen molar-refractivity contribution in [2.75, 3.05) is 7.05 Å². The molecule has 0 atom stereocenters. The van der Waals surface area contributed by atoms with E-state index in [0.717, 1.165) is 0 Å². The number of nitrogens with one attached hydrogen (secondary N) is 1. The Hall–Kier alpha value is -0.570. The predicted molar refractivity (Wildman–Crippen MR) is 40.1 cm³/mol. The molecule has 0 aliphatic heterocycles. The van der Waals surface area contributed by atoms with Crippen LogP contribution in [0.5, 0.6) is 0 Å². The van der Waals surface area contributed by atoms with Crippen LogP contribution in [0, 0.1) is 0 Å². The Morgan fingerprint density at radius 1 is 1.56 bits per heavy atom.